The van der Waals surface area contributed by atoms with Gasteiger partial charge in [-0.1, -0.05) is 18.3 Å². The van der Waals surface area contributed by atoms with Crippen molar-refractivity contribution in [3.8, 4) is 0 Å². The number of nitrogens with zero attached hydrogens (tertiary/aromatic N) is 1. The van der Waals surface area contributed by atoms with E-state index in [1.165, 1.54) is 4.31 Å². The molecule has 21 heavy (non-hydrogen) atoms. The number of sulfonamides is 1. The average molecular weight is 328 g/mol. The third-order valence-corrected chi connectivity index (χ3v) is 5.92. The molecule has 0 saturated carbocycles. The zero-order valence-corrected chi connectivity index (χ0v) is 13.6. The first-order valence-electron chi connectivity index (χ1n) is 6.87. The van der Waals surface area contributed by atoms with E-state index in [1.807, 2.05) is 0 Å². The van der Waals surface area contributed by atoms with Gasteiger partial charge >= 0.3 is 0 Å². The maximum Gasteiger partial charge on any atom is 0.243 e. The van der Waals surface area contributed by atoms with E-state index in [0.29, 0.717) is 18.7 Å². The topological polar surface area (TPSA) is 83.6 Å². The molecule has 1 aliphatic heterocycles. The van der Waals surface area contributed by atoms with Crippen molar-refractivity contribution in [1.82, 2.24) is 4.31 Å². The lowest BCUT2D eigenvalue weighted by atomic mass is 10.0. The standard InChI is InChI=1S/C14H20N2O3S2/c1-10-7-12(4-5-13(10)14(15)20)21(18,19)16-6-2-3-11(8-16)9-17/h4-5,7,11,17H,2-3,6,8-9H2,1H3,(H2,15,20). The largest absolute Gasteiger partial charge is 0.396 e. The lowest BCUT2D eigenvalue weighted by Gasteiger charge is -2.31. The number of aliphatic hydroxyl groups is 1. The van der Waals surface area contributed by atoms with Gasteiger partial charge in [0, 0.05) is 25.3 Å². The smallest absolute Gasteiger partial charge is 0.243 e. The summed E-state index contributed by atoms with van der Waals surface area (Å²) < 4.78 is 26.8. The minimum absolute atomic E-state index is 0.0190. The van der Waals surface area contributed by atoms with Crippen LogP contribution in [-0.4, -0.2) is 42.5 Å². The Labute approximate surface area is 130 Å². The molecule has 1 fully saturated rings. The van der Waals surface area contributed by atoms with Gasteiger partial charge in [-0.3, -0.25) is 0 Å². The summed E-state index contributed by atoms with van der Waals surface area (Å²) in [7, 11) is -3.53. The van der Waals surface area contributed by atoms with Crippen molar-refractivity contribution in [2.45, 2.75) is 24.7 Å². The fraction of sp³-hybridized carbons (Fsp3) is 0.500. The Morgan fingerprint density at radius 3 is 2.81 bits per heavy atom. The molecule has 3 N–H and O–H groups in total. The summed E-state index contributed by atoms with van der Waals surface area (Å²) in [5, 5.41) is 9.24. The van der Waals surface area contributed by atoms with Crippen LogP contribution in [0.5, 0.6) is 0 Å². The number of aryl methyl sites for hydroxylation is 1. The molecule has 1 unspecified atom stereocenters. The van der Waals surface area contributed by atoms with E-state index >= 15 is 0 Å². The molecule has 1 aromatic carbocycles. The van der Waals surface area contributed by atoms with Crippen LogP contribution in [-0.2, 0) is 10.0 Å². The summed E-state index contributed by atoms with van der Waals surface area (Å²) in [5.41, 5.74) is 7.04. The molecule has 7 heteroatoms. The molecule has 0 bridgehead atoms. The van der Waals surface area contributed by atoms with Gasteiger partial charge in [0.25, 0.3) is 0 Å². The molecule has 1 aromatic rings. The number of piperidine rings is 1. The molecule has 116 valence electrons. The Morgan fingerprint density at radius 2 is 2.24 bits per heavy atom. The van der Waals surface area contributed by atoms with Crippen molar-refractivity contribution in [2.75, 3.05) is 19.7 Å². The van der Waals surface area contributed by atoms with Gasteiger partial charge in [0.05, 0.1) is 4.90 Å². The monoisotopic (exact) mass is 328 g/mol. The number of benzene rings is 1. The highest BCUT2D eigenvalue weighted by Crippen LogP contribution is 2.24. The molecule has 0 radical (unpaired) electrons. The molecule has 0 aliphatic carbocycles. The lowest BCUT2D eigenvalue weighted by molar-refractivity contribution is 0.165. The quantitative estimate of drug-likeness (QED) is 0.806. The Kier molecular flexibility index (Phi) is 4.98. The molecule has 0 spiro atoms. The number of nitrogens with two attached hydrogens (primary N) is 1. The van der Waals surface area contributed by atoms with E-state index in [1.54, 1.807) is 25.1 Å². The number of hydrogen-bond acceptors (Lipinski definition) is 4. The molecule has 5 nitrogen and oxygen atoms in total. The SMILES string of the molecule is Cc1cc(S(=O)(=O)N2CCCC(CO)C2)ccc1C(N)=S. The van der Waals surface area contributed by atoms with Gasteiger partial charge in [-0.2, -0.15) is 4.31 Å². The summed E-state index contributed by atoms with van der Waals surface area (Å²) >= 11 is 4.93. The molecule has 1 atom stereocenters. The van der Waals surface area contributed by atoms with Gasteiger partial charge in [-0.05, 0) is 43.4 Å². The first kappa shape index (κ1) is 16.4. The molecule has 1 saturated heterocycles. The fourth-order valence-corrected chi connectivity index (χ4v) is 4.49. The Hall–Kier alpha value is -1.02. The van der Waals surface area contributed by atoms with Crippen molar-refractivity contribution >= 4 is 27.2 Å². The van der Waals surface area contributed by atoms with Crippen LogP contribution in [0.4, 0.5) is 0 Å². The van der Waals surface area contributed by atoms with Crippen molar-refractivity contribution in [3.05, 3.63) is 29.3 Å². The average Bonchev–Trinajstić information content (AvgIpc) is 2.46. The molecular formula is C14H20N2O3S2. The fourth-order valence-electron chi connectivity index (χ4n) is 2.62. The van der Waals surface area contributed by atoms with Crippen LogP contribution < -0.4 is 5.73 Å². The van der Waals surface area contributed by atoms with Crippen LogP contribution in [0.2, 0.25) is 0 Å². The summed E-state index contributed by atoms with van der Waals surface area (Å²) in [6, 6.07) is 4.80. The van der Waals surface area contributed by atoms with Gasteiger partial charge in [0.2, 0.25) is 10.0 Å². The van der Waals surface area contributed by atoms with Crippen molar-refractivity contribution < 1.29 is 13.5 Å². The van der Waals surface area contributed by atoms with Crippen LogP contribution >= 0.6 is 12.2 Å². The van der Waals surface area contributed by atoms with Gasteiger partial charge < -0.3 is 10.8 Å². The molecule has 0 aromatic heterocycles. The predicted octanol–water partition coefficient (Wildman–Crippen LogP) is 1.02. The van der Waals surface area contributed by atoms with Gasteiger partial charge in [0.15, 0.2) is 0 Å². The summed E-state index contributed by atoms with van der Waals surface area (Å²) in [5.74, 6) is 0.0190. The van der Waals surface area contributed by atoms with Crippen LogP contribution in [0.3, 0.4) is 0 Å². The molecular weight excluding hydrogens is 308 g/mol. The second-order valence-electron chi connectivity index (χ2n) is 5.39. The minimum atomic E-state index is -3.53. The van der Waals surface area contributed by atoms with Gasteiger partial charge in [0.1, 0.15) is 4.99 Å². The Balaban J connectivity index is 2.31. The van der Waals surface area contributed by atoms with Crippen LogP contribution in [0.25, 0.3) is 0 Å². The van der Waals surface area contributed by atoms with E-state index in [0.717, 1.165) is 18.4 Å². The van der Waals surface area contributed by atoms with E-state index in [-0.39, 0.29) is 22.4 Å². The van der Waals surface area contributed by atoms with Crippen LogP contribution in [0, 0.1) is 12.8 Å². The summed E-state index contributed by atoms with van der Waals surface area (Å²) in [6.07, 6.45) is 1.64. The number of thiocarbonyl (C=S) groups is 1. The predicted molar refractivity (Wildman–Crippen MR) is 85.6 cm³/mol. The second-order valence-corrected chi connectivity index (χ2v) is 7.77. The number of rotatable bonds is 4. The maximum atomic E-state index is 12.7. The molecule has 0 amide bonds. The van der Waals surface area contributed by atoms with Gasteiger partial charge in [-0.15, -0.1) is 0 Å². The Bertz CT molecular complexity index is 644. The number of hydrogen-bond donors (Lipinski definition) is 2. The third-order valence-electron chi connectivity index (χ3n) is 3.84. The van der Waals surface area contributed by atoms with E-state index in [4.69, 9.17) is 18.0 Å². The van der Waals surface area contributed by atoms with Gasteiger partial charge in [-0.25, -0.2) is 8.42 Å². The van der Waals surface area contributed by atoms with Crippen LogP contribution in [0.15, 0.2) is 23.1 Å². The van der Waals surface area contributed by atoms with Crippen molar-refractivity contribution in [1.29, 1.82) is 0 Å². The molecule has 2 rings (SSSR count). The zero-order chi connectivity index (χ0) is 15.6. The lowest BCUT2D eigenvalue weighted by Crippen LogP contribution is -2.40. The van der Waals surface area contributed by atoms with E-state index < -0.39 is 10.0 Å². The van der Waals surface area contributed by atoms with Crippen molar-refractivity contribution in [3.63, 3.8) is 0 Å². The van der Waals surface area contributed by atoms with E-state index in [9.17, 15) is 13.5 Å². The van der Waals surface area contributed by atoms with E-state index in [2.05, 4.69) is 0 Å². The minimum Gasteiger partial charge on any atom is -0.396 e. The third kappa shape index (κ3) is 3.42. The number of aliphatic hydroxyl groups excluding tert-OH is 1. The van der Waals surface area contributed by atoms with Crippen molar-refractivity contribution in [2.24, 2.45) is 11.7 Å². The first-order valence-corrected chi connectivity index (χ1v) is 8.72. The summed E-state index contributed by atoms with van der Waals surface area (Å²) in [4.78, 5) is 0.508. The first-order chi connectivity index (χ1) is 9.86. The highest BCUT2D eigenvalue weighted by atomic mass is 32.2. The highest BCUT2D eigenvalue weighted by Gasteiger charge is 2.30. The van der Waals surface area contributed by atoms with Crippen LogP contribution in [0.1, 0.15) is 24.0 Å². The normalized spacial score (nSPS) is 20.4. The second kappa shape index (κ2) is 6.39. The molecule has 1 heterocycles. The highest BCUT2D eigenvalue weighted by molar-refractivity contribution is 7.89. The Morgan fingerprint density at radius 1 is 1.52 bits per heavy atom. The summed E-state index contributed by atoms with van der Waals surface area (Å²) in [6.45, 7) is 2.68. The molecule has 1 aliphatic rings. The zero-order valence-electron chi connectivity index (χ0n) is 11.9. The maximum absolute atomic E-state index is 12.7.